The molecule has 2 rings (SSSR count). The fourth-order valence-corrected chi connectivity index (χ4v) is 3.64. The van der Waals surface area contributed by atoms with Crippen LogP contribution in [0, 0.1) is 0 Å². The van der Waals surface area contributed by atoms with E-state index in [1.54, 1.807) is 11.3 Å². The van der Waals surface area contributed by atoms with Gasteiger partial charge in [0.25, 0.3) is 5.91 Å². The number of nitrogens with one attached hydrogen (secondary N) is 1. The fourth-order valence-electron chi connectivity index (χ4n) is 2.14. The van der Waals surface area contributed by atoms with Gasteiger partial charge in [0, 0.05) is 23.7 Å². The van der Waals surface area contributed by atoms with Crippen LogP contribution < -0.4 is 5.32 Å². The number of para-hydroxylation sites is 1. The zero-order valence-electron chi connectivity index (χ0n) is 12.2. The average molecular weight is 367 g/mol. The Bertz CT molecular complexity index is 612. The van der Waals surface area contributed by atoms with Gasteiger partial charge < -0.3 is 10.2 Å². The van der Waals surface area contributed by atoms with Crippen LogP contribution in [0.4, 0.5) is 5.69 Å². The number of carbonyl (C=O) groups excluding carboxylic acids is 1. The molecule has 0 aliphatic rings. The first kappa shape index (κ1) is 16.0. The molecule has 3 nitrogen and oxygen atoms in total. The highest BCUT2D eigenvalue weighted by Gasteiger charge is 2.18. The van der Waals surface area contributed by atoms with Crippen LogP contribution in [0.3, 0.4) is 0 Å². The third-order valence-electron chi connectivity index (χ3n) is 3.17. The van der Waals surface area contributed by atoms with Crippen molar-refractivity contribution in [3.63, 3.8) is 0 Å². The maximum absolute atomic E-state index is 12.8. The van der Waals surface area contributed by atoms with Crippen LogP contribution in [0.15, 0.2) is 40.2 Å². The molecule has 0 atom stereocenters. The van der Waals surface area contributed by atoms with E-state index < -0.39 is 0 Å². The number of hydrogen-bond donors (Lipinski definition) is 1. The van der Waals surface area contributed by atoms with E-state index in [1.165, 1.54) is 4.88 Å². The third kappa shape index (κ3) is 4.08. The van der Waals surface area contributed by atoms with Crippen molar-refractivity contribution in [1.82, 2.24) is 4.90 Å². The van der Waals surface area contributed by atoms with Gasteiger partial charge in [-0.3, -0.25) is 4.79 Å². The Labute approximate surface area is 138 Å². The second-order valence-electron chi connectivity index (χ2n) is 4.60. The summed E-state index contributed by atoms with van der Waals surface area (Å²) in [7, 11) is 0. The predicted octanol–water partition coefficient (Wildman–Crippen LogP) is 4.60. The zero-order valence-corrected chi connectivity index (χ0v) is 14.6. The van der Waals surface area contributed by atoms with Gasteiger partial charge >= 0.3 is 0 Å². The Morgan fingerprint density at radius 3 is 2.62 bits per heavy atom. The SMILES string of the molecule is CCNc1ccccc1C(=O)N(CC)Cc1ccc(Br)s1. The molecule has 1 heterocycles. The van der Waals surface area contributed by atoms with E-state index in [9.17, 15) is 4.79 Å². The number of thiophene rings is 1. The van der Waals surface area contributed by atoms with Crippen LogP contribution in [0.25, 0.3) is 0 Å². The Hall–Kier alpha value is -1.33. The lowest BCUT2D eigenvalue weighted by atomic mass is 10.1. The van der Waals surface area contributed by atoms with Crippen LogP contribution in [0.5, 0.6) is 0 Å². The van der Waals surface area contributed by atoms with Crippen LogP contribution in [-0.2, 0) is 6.54 Å². The van der Waals surface area contributed by atoms with E-state index in [0.717, 1.165) is 21.6 Å². The number of amides is 1. The van der Waals surface area contributed by atoms with Gasteiger partial charge in [0.05, 0.1) is 15.9 Å². The van der Waals surface area contributed by atoms with Gasteiger partial charge in [-0.1, -0.05) is 12.1 Å². The second kappa shape index (κ2) is 7.61. The molecule has 0 aliphatic carbocycles. The van der Waals surface area contributed by atoms with Crippen molar-refractivity contribution < 1.29 is 4.79 Å². The van der Waals surface area contributed by atoms with Crippen molar-refractivity contribution in [3.05, 3.63) is 50.6 Å². The van der Waals surface area contributed by atoms with Crippen molar-refractivity contribution in [1.29, 1.82) is 0 Å². The molecule has 1 aromatic carbocycles. The first-order valence-corrected chi connectivity index (χ1v) is 8.63. The minimum atomic E-state index is 0.0681. The number of anilines is 1. The van der Waals surface area contributed by atoms with E-state index in [4.69, 9.17) is 0 Å². The molecule has 2 aromatic rings. The highest BCUT2D eigenvalue weighted by atomic mass is 79.9. The van der Waals surface area contributed by atoms with Gasteiger partial charge in [0.2, 0.25) is 0 Å². The van der Waals surface area contributed by atoms with Gasteiger partial charge in [-0.2, -0.15) is 0 Å². The summed E-state index contributed by atoms with van der Waals surface area (Å²) in [5, 5.41) is 3.25. The van der Waals surface area contributed by atoms with E-state index in [-0.39, 0.29) is 5.91 Å². The van der Waals surface area contributed by atoms with E-state index in [2.05, 4.69) is 27.3 Å². The van der Waals surface area contributed by atoms with Crippen molar-refractivity contribution in [2.45, 2.75) is 20.4 Å². The first-order chi connectivity index (χ1) is 10.2. The van der Waals surface area contributed by atoms with Crippen LogP contribution in [0.2, 0.25) is 0 Å². The third-order valence-corrected chi connectivity index (χ3v) is 4.78. The van der Waals surface area contributed by atoms with Gasteiger partial charge in [0.15, 0.2) is 0 Å². The number of benzene rings is 1. The molecule has 0 spiro atoms. The largest absolute Gasteiger partial charge is 0.385 e. The summed E-state index contributed by atoms with van der Waals surface area (Å²) in [4.78, 5) is 15.8. The van der Waals surface area contributed by atoms with E-state index in [1.807, 2.05) is 49.1 Å². The summed E-state index contributed by atoms with van der Waals surface area (Å²) in [5.74, 6) is 0.0681. The van der Waals surface area contributed by atoms with Crippen molar-refractivity contribution in [3.8, 4) is 0 Å². The topological polar surface area (TPSA) is 32.3 Å². The van der Waals surface area contributed by atoms with Crippen molar-refractivity contribution in [2.75, 3.05) is 18.4 Å². The maximum atomic E-state index is 12.8. The Morgan fingerprint density at radius 2 is 2.00 bits per heavy atom. The number of hydrogen-bond acceptors (Lipinski definition) is 3. The van der Waals surface area contributed by atoms with Gasteiger partial charge in [-0.25, -0.2) is 0 Å². The molecular formula is C16H19BrN2OS. The van der Waals surface area contributed by atoms with Crippen LogP contribution in [0.1, 0.15) is 29.1 Å². The lowest BCUT2D eigenvalue weighted by Gasteiger charge is -2.22. The molecule has 0 unspecified atom stereocenters. The highest BCUT2D eigenvalue weighted by molar-refractivity contribution is 9.11. The summed E-state index contributed by atoms with van der Waals surface area (Å²) < 4.78 is 1.09. The van der Waals surface area contributed by atoms with Gasteiger partial charge in [0.1, 0.15) is 0 Å². The first-order valence-electron chi connectivity index (χ1n) is 7.02. The normalized spacial score (nSPS) is 10.4. The van der Waals surface area contributed by atoms with Gasteiger partial charge in [-0.15, -0.1) is 11.3 Å². The average Bonchev–Trinajstić information content (AvgIpc) is 2.90. The highest BCUT2D eigenvalue weighted by Crippen LogP contribution is 2.24. The quantitative estimate of drug-likeness (QED) is 0.809. The van der Waals surface area contributed by atoms with E-state index in [0.29, 0.717) is 13.1 Å². The summed E-state index contributed by atoms with van der Waals surface area (Å²) in [6.45, 7) is 6.17. The molecule has 0 fully saturated rings. The molecule has 1 amide bonds. The van der Waals surface area contributed by atoms with Crippen molar-refractivity contribution >= 4 is 38.9 Å². The zero-order chi connectivity index (χ0) is 15.2. The number of halogens is 1. The summed E-state index contributed by atoms with van der Waals surface area (Å²) in [5.41, 5.74) is 1.63. The summed E-state index contributed by atoms with van der Waals surface area (Å²) >= 11 is 5.13. The Morgan fingerprint density at radius 1 is 1.24 bits per heavy atom. The maximum Gasteiger partial charge on any atom is 0.256 e. The molecule has 0 saturated carbocycles. The minimum Gasteiger partial charge on any atom is -0.385 e. The molecule has 21 heavy (non-hydrogen) atoms. The van der Waals surface area contributed by atoms with Crippen molar-refractivity contribution in [2.24, 2.45) is 0 Å². The summed E-state index contributed by atoms with van der Waals surface area (Å²) in [6, 6.07) is 11.8. The standard InChI is InChI=1S/C16H19BrN2OS/c1-3-18-14-8-6-5-7-13(14)16(20)19(4-2)11-12-9-10-15(17)21-12/h5-10,18H,3-4,11H2,1-2H3. The molecule has 1 N–H and O–H groups in total. The number of carbonyl (C=O) groups is 1. The molecule has 5 heteroatoms. The van der Waals surface area contributed by atoms with Crippen LogP contribution in [-0.4, -0.2) is 23.9 Å². The Balaban J connectivity index is 2.20. The van der Waals surface area contributed by atoms with Crippen LogP contribution >= 0.6 is 27.3 Å². The number of nitrogens with zero attached hydrogens (tertiary/aromatic N) is 1. The molecule has 1 aromatic heterocycles. The lowest BCUT2D eigenvalue weighted by Crippen LogP contribution is -2.30. The minimum absolute atomic E-state index is 0.0681. The monoisotopic (exact) mass is 366 g/mol. The summed E-state index contributed by atoms with van der Waals surface area (Å²) in [6.07, 6.45) is 0. The lowest BCUT2D eigenvalue weighted by molar-refractivity contribution is 0.0755. The van der Waals surface area contributed by atoms with E-state index >= 15 is 0 Å². The predicted molar refractivity (Wildman–Crippen MR) is 93.0 cm³/mol. The molecule has 0 bridgehead atoms. The molecule has 0 radical (unpaired) electrons. The second-order valence-corrected chi connectivity index (χ2v) is 7.15. The molecule has 0 saturated heterocycles. The Kier molecular flexibility index (Phi) is 5.82. The number of rotatable bonds is 6. The fraction of sp³-hybridized carbons (Fsp3) is 0.312. The molecule has 0 aliphatic heterocycles. The van der Waals surface area contributed by atoms with Gasteiger partial charge in [-0.05, 0) is 54.0 Å². The molecular weight excluding hydrogens is 348 g/mol. The molecule has 112 valence electrons. The smallest absolute Gasteiger partial charge is 0.256 e.